The molecule has 0 bridgehead atoms. The Kier molecular flexibility index (Phi) is 3.90. The second kappa shape index (κ2) is 5.87. The molecule has 1 amide bonds. The Bertz CT molecular complexity index is 732. The minimum atomic E-state index is -0.978. The van der Waals surface area contributed by atoms with Crippen LogP contribution in [0.2, 0.25) is 0 Å². The van der Waals surface area contributed by atoms with Crippen LogP contribution in [0.3, 0.4) is 0 Å². The first-order valence-corrected chi connectivity index (χ1v) is 7.65. The van der Waals surface area contributed by atoms with Crippen molar-refractivity contribution in [3.8, 4) is 5.69 Å². The molecule has 1 N–H and O–H groups in total. The molecular formula is C17H19N3O3. The molecule has 0 spiro atoms. The second-order valence-electron chi connectivity index (χ2n) is 5.91. The van der Waals surface area contributed by atoms with Gasteiger partial charge in [-0.25, -0.2) is 9.48 Å². The van der Waals surface area contributed by atoms with Crippen molar-refractivity contribution in [3.05, 3.63) is 47.8 Å². The van der Waals surface area contributed by atoms with Crippen molar-refractivity contribution in [1.29, 1.82) is 0 Å². The zero-order valence-electron chi connectivity index (χ0n) is 13.1. The van der Waals surface area contributed by atoms with E-state index in [9.17, 15) is 14.7 Å². The monoisotopic (exact) mass is 313 g/mol. The Hall–Kier alpha value is -2.63. The normalized spacial score (nSPS) is 15.2. The lowest BCUT2D eigenvalue weighted by atomic mass is 10.1. The van der Waals surface area contributed by atoms with Gasteiger partial charge < -0.3 is 10.0 Å². The highest BCUT2D eigenvalue weighted by atomic mass is 16.4. The van der Waals surface area contributed by atoms with Crippen molar-refractivity contribution < 1.29 is 14.7 Å². The van der Waals surface area contributed by atoms with Crippen LogP contribution in [0.5, 0.6) is 0 Å². The molecule has 23 heavy (non-hydrogen) atoms. The van der Waals surface area contributed by atoms with Crippen LogP contribution in [-0.4, -0.2) is 43.7 Å². The maximum atomic E-state index is 12.7. The largest absolute Gasteiger partial charge is 0.480 e. The smallest absolute Gasteiger partial charge is 0.326 e. The summed E-state index contributed by atoms with van der Waals surface area (Å²) in [6, 6.07) is 8.21. The van der Waals surface area contributed by atoms with E-state index in [0.717, 1.165) is 24.2 Å². The molecule has 0 aliphatic heterocycles. The fourth-order valence-electron chi connectivity index (χ4n) is 2.59. The third kappa shape index (κ3) is 3.11. The topological polar surface area (TPSA) is 75.4 Å². The van der Waals surface area contributed by atoms with Gasteiger partial charge >= 0.3 is 5.97 Å². The van der Waals surface area contributed by atoms with Crippen molar-refractivity contribution >= 4 is 11.9 Å². The molecule has 1 aliphatic rings. The maximum Gasteiger partial charge on any atom is 0.326 e. The van der Waals surface area contributed by atoms with E-state index < -0.39 is 12.0 Å². The molecule has 1 heterocycles. The Morgan fingerprint density at radius 1 is 1.26 bits per heavy atom. The quantitative estimate of drug-likeness (QED) is 0.918. The van der Waals surface area contributed by atoms with Crippen LogP contribution >= 0.6 is 0 Å². The SMILES string of the molecule is Cc1ccn(-c2ccc(C(=O)N(C3CC3)C(C)C(=O)O)cc2)n1. The highest BCUT2D eigenvalue weighted by molar-refractivity contribution is 5.97. The molecule has 1 aromatic carbocycles. The molecule has 1 aliphatic carbocycles. The van der Waals surface area contributed by atoms with Gasteiger partial charge in [-0.3, -0.25) is 4.79 Å². The van der Waals surface area contributed by atoms with Crippen molar-refractivity contribution in [2.24, 2.45) is 0 Å². The molecule has 2 aromatic rings. The number of aromatic nitrogens is 2. The lowest BCUT2D eigenvalue weighted by Gasteiger charge is -2.26. The van der Waals surface area contributed by atoms with E-state index in [0.29, 0.717) is 5.56 Å². The second-order valence-corrected chi connectivity index (χ2v) is 5.91. The molecule has 1 fully saturated rings. The summed E-state index contributed by atoms with van der Waals surface area (Å²) in [5, 5.41) is 13.5. The maximum absolute atomic E-state index is 12.7. The zero-order chi connectivity index (χ0) is 16.6. The number of aryl methyl sites for hydroxylation is 1. The molecule has 1 atom stereocenters. The van der Waals surface area contributed by atoms with Crippen molar-refractivity contribution in [1.82, 2.24) is 14.7 Å². The van der Waals surface area contributed by atoms with Crippen LogP contribution in [-0.2, 0) is 4.79 Å². The van der Waals surface area contributed by atoms with Crippen LogP contribution < -0.4 is 0 Å². The third-order valence-electron chi connectivity index (χ3n) is 4.05. The summed E-state index contributed by atoms with van der Waals surface area (Å²) < 4.78 is 1.74. The van der Waals surface area contributed by atoms with Gasteiger partial charge in [-0.2, -0.15) is 5.10 Å². The summed E-state index contributed by atoms with van der Waals surface area (Å²) in [7, 11) is 0. The van der Waals surface area contributed by atoms with E-state index in [1.165, 1.54) is 4.90 Å². The van der Waals surface area contributed by atoms with Crippen LogP contribution in [0, 0.1) is 6.92 Å². The van der Waals surface area contributed by atoms with Gasteiger partial charge in [0.2, 0.25) is 0 Å². The van der Waals surface area contributed by atoms with Crippen molar-refractivity contribution in [3.63, 3.8) is 0 Å². The fraction of sp³-hybridized carbons (Fsp3) is 0.353. The van der Waals surface area contributed by atoms with Gasteiger partial charge in [-0.05, 0) is 57.0 Å². The van der Waals surface area contributed by atoms with Crippen LogP contribution in [0.1, 0.15) is 35.8 Å². The molecule has 6 heteroatoms. The molecular weight excluding hydrogens is 294 g/mol. The van der Waals surface area contributed by atoms with Crippen LogP contribution in [0.15, 0.2) is 36.5 Å². The molecule has 6 nitrogen and oxygen atoms in total. The molecule has 3 rings (SSSR count). The van der Waals surface area contributed by atoms with E-state index in [1.54, 1.807) is 23.7 Å². The summed E-state index contributed by atoms with van der Waals surface area (Å²) in [4.78, 5) is 25.4. The number of carbonyl (C=O) groups is 2. The molecule has 1 aromatic heterocycles. The molecule has 120 valence electrons. The summed E-state index contributed by atoms with van der Waals surface area (Å²) in [5.74, 6) is -1.21. The van der Waals surface area contributed by atoms with Crippen LogP contribution in [0.4, 0.5) is 0 Å². The highest BCUT2D eigenvalue weighted by Crippen LogP contribution is 2.30. The fourth-order valence-corrected chi connectivity index (χ4v) is 2.59. The molecule has 0 radical (unpaired) electrons. The number of carbonyl (C=O) groups excluding carboxylic acids is 1. The Balaban J connectivity index is 1.83. The van der Waals surface area contributed by atoms with Gasteiger partial charge in [0.05, 0.1) is 11.4 Å². The standard InChI is InChI=1S/C17H19N3O3/c1-11-9-10-19(18-11)14-5-3-13(4-6-14)16(21)20(15-7-8-15)12(2)17(22)23/h3-6,9-10,12,15H,7-8H2,1-2H3,(H,22,23). The lowest BCUT2D eigenvalue weighted by Crippen LogP contribution is -2.44. The number of carboxylic acid groups (broad SMARTS) is 1. The highest BCUT2D eigenvalue weighted by Gasteiger charge is 2.38. The van der Waals surface area contributed by atoms with Crippen molar-refractivity contribution in [2.75, 3.05) is 0 Å². The predicted octanol–water partition coefficient (Wildman–Crippen LogP) is 2.26. The number of rotatable bonds is 5. The molecule has 0 saturated heterocycles. The van der Waals surface area contributed by atoms with Gasteiger partial charge in [0.25, 0.3) is 5.91 Å². The number of aliphatic carboxylic acids is 1. The lowest BCUT2D eigenvalue weighted by molar-refractivity contribution is -0.141. The van der Waals surface area contributed by atoms with E-state index in [-0.39, 0.29) is 11.9 Å². The number of carboxylic acids is 1. The summed E-state index contributed by atoms with van der Waals surface area (Å²) in [6.07, 6.45) is 3.59. The molecule has 1 saturated carbocycles. The van der Waals surface area contributed by atoms with E-state index in [2.05, 4.69) is 5.10 Å². The third-order valence-corrected chi connectivity index (χ3v) is 4.05. The Labute approximate surface area is 134 Å². The van der Waals surface area contributed by atoms with Crippen molar-refractivity contribution in [2.45, 2.75) is 38.8 Å². The van der Waals surface area contributed by atoms with E-state index >= 15 is 0 Å². The molecule has 1 unspecified atom stereocenters. The van der Waals surface area contributed by atoms with E-state index in [1.807, 2.05) is 31.3 Å². The van der Waals surface area contributed by atoms with Gasteiger partial charge in [0.15, 0.2) is 0 Å². The summed E-state index contributed by atoms with van der Waals surface area (Å²) in [5.41, 5.74) is 2.27. The number of nitrogens with zero attached hydrogens (tertiary/aromatic N) is 3. The number of hydrogen-bond donors (Lipinski definition) is 1. The van der Waals surface area contributed by atoms with Gasteiger partial charge in [0.1, 0.15) is 6.04 Å². The summed E-state index contributed by atoms with van der Waals surface area (Å²) >= 11 is 0. The first-order valence-electron chi connectivity index (χ1n) is 7.65. The van der Waals surface area contributed by atoms with Gasteiger partial charge in [0, 0.05) is 17.8 Å². The average Bonchev–Trinajstić information content (AvgIpc) is 3.27. The van der Waals surface area contributed by atoms with Crippen LogP contribution in [0.25, 0.3) is 5.69 Å². The summed E-state index contributed by atoms with van der Waals surface area (Å²) in [6.45, 7) is 3.47. The van der Waals surface area contributed by atoms with Gasteiger partial charge in [-0.15, -0.1) is 0 Å². The number of amides is 1. The first kappa shape index (κ1) is 15.3. The number of hydrogen-bond acceptors (Lipinski definition) is 3. The Morgan fingerprint density at radius 2 is 1.91 bits per heavy atom. The minimum Gasteiger partial charge on any atom is -0.480 e. The minimum absolute atomic E-state index is 0.0436. The predicted molar refractivity (Wildman–Crippen MR) is 84.6 cm³/mol. The average molecular weight is 313 g/mol. The van der Waals surface area contributed by atoms with E-state index in [4.69, 9.17) is 0 Å². The first-order chi connectivity index (χ1) is 11.0. The zero-order valence-corrected chi connectivity index (χ0v) is 13.1. The van der Waals surface area contributed by atoms with Gasteiger partial charge in [-0.1, -0.05) is 0 Å². The Morgan fingerprint density at radius 3 is 2.39 bits per heavy atom. The number of benzene rings is 1.